The highest BCUT2D eigenvalue weighted by atomic mass is 32.2. The molecule has 5 nitrogen and oxygen atoms in total. The third-order valence-electron chi connectivity index (χ3n) is 3.35. The van der Waals surface area contributed by atoms with Gasteiger partial charge in [-0.05, 0) is 53.4 Å². The predicted molar refractivity (Wildman–Crippen MR) is 95.9 cm³/mol. The molecule has 1 saturated heterocycles. The van der Waals surface area contributed by atoms with E-state index in [0.29, 0.717) is 17.0 Å². The van der Waals surface area contributed by atoms with Gasteiger partial charge in [-0.15, -0.1) is 11.3 Å². The van der Waals surface area contributed by atoms with E-state index in [0.717, 1.165) is 23.7 Å². The Morgan fingerprint density at radius 3 is 2.58 bits per heavy atom. The molecule has 0 saturated carbocycles. The zero-order valence-electron chi connectivity index (χ0n) is 12.6. The van der Waals surface area contributed by atoms with Gasteiger partial charge in [0.15, 0.2) is 0 Å². The average molecular weight is 358 g/mol. The van der Waals surface area contributed by atoms with Gasteiger partial charge in [-0.1, -0.05) is 18.2 Å². The molecule has 1 fully saturated rings. The summed E-state index contributed by atoms with van der Waals surface area (Å²) in [4.78, 5) is 36.3. The Hall–Kier alpha value is -2.38. The van der Waals surface area contributed by atoms with E-state index < -0.39 is 0 Å². The van der Waals surface area contributed by atoms with Crippen LogP contribution in [-0.4, -0.2) is 23.6 Å². The monoisotopic (exact) mass is 358 g/mol. The Morgan fingerprint density at radius 1 is 1.17 bits per heavy atom. The summed E-state index contributed by atoms with van der Waals surface area (Å²) in [7, 11) is 0. The van der Waals surface area contributed by atoms with Crippen molar-refractivity contribution in [3.63, 3.8) is 0 Å². The Morgan fingerprint density at radius 2 is 1.96 bits per heavy atom. The molecule has 24 heavy (non-hydrogen) atoms. The van der Waals surface area contributed by atoms with Crippen molar-refractivity contribution in [1.82, 2.24) is 10.6 Å². The van der Waals surface area contributed by atoms with E-state index in [2.05, 4.69) is 10.6 Å². The van der Waals surface area contributed by atoms with Crippen molar-refractivity contribution < 1.29 is 14.4 Å². The molecule has 3 amide bonds. The van der Waals surface area contributed by atoms with Gasteiger partial charge in [-0.2, -0.15) is 0 Å². The SMILES string of the molecule is O=C1NC(=O)/C(=C/c2ccc(C(=O)NCCc3cccs3)cc2)S1. The standard InChI is InChI=1S/C17H14N2O3S2/c20-15(18-8-7-13-2-1-9-23-13)12-5-3-11(4-6-12)10-14-16(21)19-17(22)24-14/h1-6,9-10H,7-8H2,(H,18,20)(H,19,21,22)/b14-10-. The third kappa shape index (κ3) is 4.12. The van der Waals surface area contributed by atoms with Gasteiger partial charge in [0.1, 0.15) is 0 Å². The second-order valence-electron chi connectivity index (χ2n) is 5.06. The van der Waals surface area contributed by atoms with Crippen LogP contribution in [0.2, 0.25) is 0 Å². The van der Waals surface area contributed by atoms with E-state index in [-0.39, 0.29) is 17.1 Å². The maximum Gasteiger partial charge on any atom is 0.290 e. The molecule has 2 N–H and O–H groups in total. The molecule has 0 aliphatic carbocycles. The van der Waals surface area contributed by atoms with Crippen molar-refractivity contribution >= 4 is 46.2 Å². The van der Waals surface area contributed by atoms with Crippen molar-refractivity contribution in [1.29, 1.82) is 0 Å². The van der Waals surface area contributed by atoms with Crippen molar-refractivity contribution in [3.8, 4) is 0 Å². The number of thioether (sulfide) groups is 1. The van der Waals surface area contributed by atoms with Crippen LogP contribution in [-0.2, 0) is 11.2 Å². The number of carbonyl (C=O) groups excluding carboxylic acids is 3. The largest absolute Gasteiger partial charge is 0.352 e. The molecule has 2 aromatic rings. The van der Waals surface area contributed by atoms with Crippen molar-refractivity contribution in [2.45, 2.75) is 6.42 Å². The number of imide groups is 1. The number of nitrogens with one attached hydrogen (secondary N) is 2. The molecule has 1 aliphatic rings. The molecule has 0 unspecified atom stereocenters. The molecular formula is C17H14N2O3S2. The van der Waals surface area contributed by atoms with Gasteiger partial charge >= 0.3 is 0 Å². The Labute approximate surface area is 147 Å². The molecule has 7 heteroatoms. The second kappa shape index (κ2) is 7.46. The highest BCUT2D eigenvalue weighted by Gasteiger charge is 2.24. The predicted octanol–water partition coefficient (Wildman–Crippen LogP) is 3.04. The number of carbonyl (C=O) groups is 3. The smallest absolute Gasteiger partial charge is 0.290 e. The Kier molecular flexibility index (Phi) is 5.12. The van der Waals surface area contributed by atoms with Crippen LogP contribution < -0.4 is 10.6 Å². The number of hydrogen-bond donors (Lipinski definition) is 2. The van der Waals surface area contributed by atoms with Crippen LogP contribution >= 0.6 is 23.1 Å². The normalized spacial score (nSPS) is 15.6. The molecule has 1 aromatic heterocycles. The van der Waals surface area contributed by atoms with E-state index in [1.807, 2.05) is 17.5 Å². The summed E-state index contributed by atoms with van der Waals surface area (Å²) in [5.74, 6) is -0.519. The summed E-state index contributed by atoms with van der Waals surface area (Å²) in [6, 6.07) is 10.9. The quantitative estimate of drug-likeness (QED) is 0.806. The van der Waals surface area contributed by atoms with Gasteiger partial charge in [0, 0.05) is 17.0 Å². The first-order chi connectivity index (χ1) is 11.6. The second-order valence-corrected chi connectivity index (χ2v) is 7.11. The van der Waals surface area contributed by atoms with E-state index in [1.54, 1.807) is 41.7 Å². The van der Waals surface area contributed by atoms with Crippen LogP contribution in [0.5, 0.6) is 0 Å². The molecule has 3 rings (SSSR count). The van der Waals surface area contributed by atoms with E-state index in [4.69, 9.17) is 0 Å². The number of benzene rings is 1. The van der Waals surface area contributed by atoms with Gasteiger partial charge in [-0.3, -0.25) is 19.7 Å². The zero-order chi connectivity index (χ0) is 16.9. The molecule has 0 spiro atoms. The molecule has 1 aromatic carbocycles. The number of hydrogen-bond acceptors (Lipinski definition) is 5. The fourth-order valence-corrected chi connectivity index (χ4v) is 3.55. The first-order valence-corrected chi connectivity index (χ1v) is 8.97. The summed E-state index contributed by atoms with van der Waals surface area (Å²) in [5.41, 5.74) is 1.32. The minimum absolute atomic E-state index is 0.131. The Balaban J connectivity index is 1.57. The summed E-state index contributed by atoms with van der Waals surface area (Å²) in [6.07, 6.45) is 2.44. The lowest BCUT2D eigenvalue weighted by molar-refractivity contribution is -0.115. The van der Waals surface area contributed by atoms with Crippen molar-refractivity contribution in [2.24, 2.45) is 0 Å². The van der Waals surface area contributed by atoms with E-state index in [9.17, 15) is 14.4 Å². The van der Waals surface area contributed by atoms with Gasteiger partial charge in [-0.25, -0.2) is 0 Å². The van der Waals surface area contributed by atoms with Crippen molar-refractivity contribution in [2.75, 3.05) is 6.54 Å². The number of thiophene rings is 1. The number of rotatable bonds is 5. The molecular weight excluding hydrogens is 344 g/mol. The zero-order valence-corrected chi connectivity index (χ0v) is 14.2. The fourth-order valence-electron chi connectivity index (χ4n) is 2.16. The van der Waals surface area contributed by atoms with Crippen LogP contribution in [0.1, 0.15) is 20.8 Å². The van der Waals surface area contributed by atoms with Gasteiger partial charge in [0.05, 0.1) is 4.91 Å². The van der Waals surface area contributed by atoms with Gasteiger partial charge in [0.2, 0.25) is 0 Å². The van der Waals surface area contributed by atoms with Crippen LogP contribution in [0.4, 0.5) is 4.79 Å². The minimum Gasteiger partial charge on any atom is -0.352 e. The third-order valence-corrected chi connectivity index (χ3v) is 5.10. The first kappa shape index (κ1) is 16.5. The maximum absolute atomic E-state index is 12.1. The average Bonchev–Trinajstić information content (AvgIpc) is 3.18. The molecule has 0 radical (unpaired) electrons. The topological polar surface area (TPSA) is 75.3 Å². The lowest BCUT2D eigenvalue weighted by Crippen LogP contribution is -2.25. The molecule has 2 heterocycles. The minimum atomic E-state index is -0.389. The molecule has 0 bridgehead atoms. The molecule has 1 aliphatic heterocycles. The highest BCUT2D eigenvalue weighted by molar-refractivity contribution is 8.18. The lowest BCUT2D eigenvalue weighted by Gasteiger charge is -2.05. The van der Waals surface area contributed by atoms with Crippen molar-refractivity contribution in [3.05, 3.63) is 62.7 Å². The van der Waals surface area contributed by atoms with Gasteiger partial charge in [0.25, 0.3) is 17.1 Å². The Bertz CT molecular complexity index is 796. The molecule has 0 atom stereocenters. The van der Waals surface area contributed by atoms with Crippen LogP contribution in [0, 0.1) is 0 Å². The summed E-state index contributed by atoms with van der Waals surface area (Å²) in [5, 5.41) is 6.73. The maximum atomic E-state index is 12.1. The fraction of sp³-hybridized carbons (Fsp3) is 0.118. The number of amides is 3. The van der Waals surface area contributed by atoms with E-state index in [1.165, 1.54) is 4.88 Å². The van der Waals surface area contributed by atoms with Crippen LogP contribution in [0.3, 0.4) is 0 Å². The van der Waals surface area contributed by atoms with Crippen LogP contribution in [0.25, 0.3) is 6.08 Å². The van der Waals surface area contributed by atoms with E-state index >= 15 is 0 Å². The summed E-state index contributed by atoms with van der Waals surface area (Å²) >= 11 is 2.54. The lowest BCUT2D eigenvalue weighted by atomic mass is 10.1. The summed E-state index contributed by atoms with van der Waals surface area (Å²) < 4.78 is 0. The first-order valence-electron chi connectivity index (χ1n) is 7.27. The van der Waals surface area contributed by atoms with Crippen LogP contribution in [0.15, 0.2) is 46.7 Å². The highest BCUT2D eigenvalue weighted by Crippen LogP contribution is 2.25. The summed E-state index contributed by atoms with van der Waals surface area (Å²) in [6.45, 7) is 0.587. The molecule has 122 valence electrons. The van der Waals surface area contributed by atoms with Gasteiger partial charge < -0.3 is 5.32 Å².